The number of amides is 2. The molecule has 2 aliphatic rings. The van der Waals surface area contributed by atoms with Gasteiger partial charge in [0.2, 0.25) is 11.7 Å². The van der Waals surface area contributed by atoms with Crippen LogP contribution in [0.5, 0.6) is 5.75 Å². The highest BCUT2D eigenvalue weighted by molar-refractivity contribution is 7.99. The molecule has 0 saturated carbocycles. The molecule has 12 nitrogen and oxygen atoms in total. The van der Waals surface area contributed by atoms with Crippen LogP contribution in [-0.2, 0) is 27.0 Å². The predicted octanol–water partition coefficient (Wildman–Crippen LogP) is 4.91. The monoisotopic (exact) mass is 717 g/mol. The van der Waals surface area contributed by atoms with Crippen LogP contribution in [0, 0.1) is 6.92 Å². The van der Waals surface area contributed by atoms with Gasteiger partial charge in [0.15, 0.2) is 11.5 Å². The SMILES string of the molecule is CSC1(c2c(C)n(CC(=O)Nc3ccc(C(F)(F)F)cc3Cl)c3nc(C4=CCOCC4)nn3c2=O)CCN(C(=O)c2ncccc2O)CC1. The van der Waals surface area contributed by atoms with E-state index in [4.69, 9.17) is 16.3 Å². The molecule has 17 heteroatoms. The zero-order chi connectivity index (χ0) is 35.1. The van der Waals surface area contributed by atoms with Crippen molar-refractivity contribution in [3.63, 3.8) is 0 Å². The van der Waals surface area contributed by atoms with Gasteiger partial charge in [0.05, 0.1) is 39.8 Å². The Morgan fingerprint density at radius 2 is 1.96 bits per heavy atom. The third-order valence-corrected chi connectivity index (χ3v) is 10.5. The molecule has 2 aliphatic heterocycles. The molecule has 0 unspecified atom stereocenters. The lowest BCUT2D eigenvalue weighted by molar-refractivity contribution is -0.137. The second-order valence-corrected chi connectivity index (χ2v) is 13.3. The number of nitrogens with zero attached hydrogens (tertiary/aromatic N) is 6. The number of carbonyl (C=O) groups is 2. The number of ether oxygens (including phenoxy) is 1. The van der Waals surface area contributed by atoms with Gasteiger partial charge in [0, 0.05) is 25.0 Å². The van der Waals surface area contributed by atoms with Gasteiger partial charge in [-0.15, -0.1) is 5.10 Å². The summed E-state index contributed by atoms with van der Waals surface area (Å²) in [6, 6.07) is 5.56. The van der Waals surface area contributed by atoms with Crippen LogP contribution in [0.25, 0.3) is 11.4 Å². The Hall–Kier alpha value is -4.41. The molecule has 1 fully saturated rings. The first-order valence-corrected chi connectivity index (χ1v) is 16.9. The van der Waals surface area contributed by atoms with Crippen LogP contribution in [0.2, 0.25) is 5.02 Å². The number of fused-ring (bicyclic) bond motifs is 1. The largest absolute Gasteiger partial charge is 0.505 e. The topological polar surface area (TPSA) is 144 Å². The second-order valence-electron chi connectivity index (χ2n) is 11.7. The molecular weight excluding hydrogens is 687 g/mol. The molecule has 0 bridgehead atoms. The third-order valence-electron chi connectivity index (χ3n) is 8.82. The molecule has 2 N–H and O–H groups in total. The van der Waals surface area contributed by atoms with Crippen molar-refractivity contribution in [1.82, 2.24) is 29.0 Å². The lowest BCUT2D eigenvalue weighted by atomic mass is 9.87. The Balaban J connectivity index is 1.38. The first-order valence-electron chi connectivity index (χ1n) is 15.3. The highest BCUT2D eigenvalue weighted by Crippen LogP contribution is 2.44. The number of alkyl halides is 3. The Bertz CT molecular complexity index is 2040. The van der Waals surface area contributed by atoms with E-state index in [1.807, 2.05) is 12.3 Å². The molecule has 2 amide bonds. The maximum atomic E-state index is 14.3. The van der Waals surface area contributed by atoms with Gasteiger partial charge in [-0.2, -0.15) is 34.4 Å². The van der Waals surface area contributed by atoms with Crippen molar-refractivity contribution in [2.45, 2.75) is 43.7 Å². The van der Waals surface area contributed by atoms with Gasteiger partial charge in [0.1, 0.15) is 12.3 Å². The highest BCUT2D eigenvalue weighted by atomic mass is 35.5. The molecule has 0 atom stereocenters. The molecule has 1 saturated heterocycles. The van der Waals surface area contributed by atoms with E-state index in [2.05, 4.69) is 20.4 Å². The summed E-state index contributed by atoms with van der Waals surface area (Å²) in [7, 11) is 0. The molecule has 0 radical (unpaired) electrons. The van der Waals surface area contributed by atoms with Crippen LogP contribution in [-0.4, -0.2) is 78.5 Å². The number of benzene rings is 1. The molecule has 4 aromatic rings. The Kier molecular flexibility index (Phi) is 9.48. The summed E-state index contributed by atoms with van der Waals surface area (Å²) in [6.45, 7) is 2.67. The number of likely N-dealkylation sites (tertiary alicyclic amines) is 1. The number of hydrogen-bond acceptors (Lipinski definition) is 9. The predicted molar refractivity (Wildman–Crippen MR) is 177 cm³/mol. The van der Waals surface area contributed by atoms with E-state index in [0.29, 0.717) is 49.6 Å². The summed E-state index contributed by atoms with van der Waals surface area (Å²) in [5.41, 5.74) is 0.170. The van der Waals surface area contributed by atoms with E-state index >= 15 is 0 Å². The van der Waals surface area contributed by atoms with E-state index in [1.165, 1.54) is 34.6 Å². The van der Waals surface area contributed by atoms with Gasteiger partial charge in [-0.05, 0) is 68.3 Å². The van der Waals surface area contributed by atoms with Gasteiger partial charge >= 0.3 is 6.18 Å². The standard InChI is InChI=1S/C32H31ClF3N7O5S/c1-18-25(31(49-2)9-12-41(13-10-31)29(47)26-23(44)4-3-11-37-26)28(46)43-30(39-27(40-43)19-7-14-48-15-8-19)42(18)17-24(45)38-22-6-5-20(16-21(22)33)32(34,35)36/h3-7,11,16,44H,8-10,12-15,17H2,1-2H3,(H,38,45). The fourth-order valence-electron chi connectivity index (χ4n) is 6.21. The lowest BCUT2D eigenvalue weighted by Crippen LogP contribution is -2.47. The molecular formula is C32H31ClF3N7O5S. The summed E-state index contributed by atoms with van der Waals surface area (Å²) in [5, 5.41) is 17.0. The molecule has 6 rings (SSSR count). The van der Waals surface area contributed by atoms with Crippen LogP contribution < -0.4 is 10.9 Å². The molecule has 0 aliphatic carbocycles. The van der Waals surface area contributed by atoms with E-state index in [9.17, 15) is 32.7 Å². The van der Waals surface area contributed by atoms with Crippen LogP contribution in [0.4, 0.5) is 18.9 Å². The lowest BCUT2D eigenvalue weighted by Gasteiger charge is -2.41. The smallest absolute Gasteiger partial charge is 0.416 e. The molecule has 5 heterocycles. The van der Waals surface area contributed by atoms with Crippen molar-refractivity contribution >= 4 is 52.2 Å². The number of pyridine rings is 1. The minimum absolute atomic E-state index is 0.0132. The fraction of sp³-hybridized carbons (Fsp3) is 0.375. The van der Waals surface area contributed by atoms with Crippen molar-refractivity contribution in [1.29, 1.82) is 0 Å². The van der Waals surface area contributed by atoms with Gasteiger partial charge in [-0.1, -0.05) is 17.7 Å². The second kappa shape index (κ2) is 13.5. The molecule has 1 aromatic carbocycles. The molecule has 258 valence electrons. The molecule has 0 spiro atoms. The third kappa shape index (κ3) is 6.64. The summed E-state index contributed by atoms with van der Waals surface area (Å²) < 4.78 is 46.9. The minimum Gasteiger partial charge on any atom is -0.505 e. The Labute approximate surface area is 286 Å². The number of halogens is 4. The quantitative estimate of drug-likeness (QED) is 0.273. The van der Waals surface area contributed by atoms with Crippen LogP contribution in [0.15, 0.2) is 47.4 Å². The van der Waals surface area contributed by atoms with E-state index in [0.717, 1.165) is 23.8 Å². The number of anilines is 1. The Morgan fingerprint density at radius 1 is 1.20 bits per heavy atom. The van der Waals surface area contributed by atoms with Gasteiger partial charge < -0.3 is 24.6 Å². The fourth-order valence-corrected chi connectivity index (χ4v) is 7.46. The summed E-state index contributed by atoms with van der Waals surface area (Å²) >= 11 is 7.56. The highest BCUT2D eigenvalue weighted by Gasteiger charge is 2.42. The van der Waals surface area contributed by atoms with Crippen molar-refractivity contribution in [2.75, 3.05) is 37.9 Å². The number of hydrogen-bond donors (Lipinski definition) is 2. The first kappa shape index (κ1) is 34.5. The van der Waals surface area contributed by atoms with Crippen molar-refractivity contribution in [2.24, 2.45) is 0 Å². The average molecular weight is 718 g/mol. The van der Waals surface area contributed by atoms with E-state index in [-0.39, 0.29) is 47.6 Å². The first-order chi connectivity index (χ1) is 23.3. The normalized spacial score (nSPS) is 16.4. The summed E-state index contributed by atoms with van der Waals surface area (Å²) in [4.78, 5) is 51.3. The van der Waals surface area contributed by atoms with Crippen molar-refractivity contribution < 1.29 is 32.6 Å². The minimum atomic E-state index is -4.61. The number of aromatic nitrogens is 5. The maximum absolute atomic E-state index is 14.3. The van der Waals surface area contributed by atoms with Gasteiger partial charge in [-0.3, -0.25) is 14.4 Å². The number of rotatable bonds is 7. The van der Waals surface area contributed by atoms with Crippen molar-refractivity contribution in [3.05, 3.63) is 86.3 Å². The van der Waals surface area contributed by atoms with Crippen LogP contribution >= 0.6 is 23.4 Å². The number of carbonyl (C=O) groups excluding carboxylic acids is 2. The average Bonchev–Trinajstić information content (AvgIpc) is 3.54. The van der Waals surface area contributed by atoms with Crippen molar-refractivity contribution in [3.8, 4) is 5.75 Å². The Morgan fingerprint density at radius 3 is 2.59 bits per heavy atom. The zero-order valence-electron chi connectivity index (χ0n) is 26.4. The molecule has 49 heavy (non-hydrogen) atoms. The number of nitrogens with one attached hydrogen (secondary N) is 1. The number of aromatic hydroxyl groups is 1. The van der Waals surface area contributed by atoms with Crippen LogP contribution in [0.3, 0.4) is 0 Å². The van der Waals surface area contributed by atoms with Crippen LogP contribution in [0.1, 0.15) is 52.4 Å². The zero-order valence-corrected chi connectivity index (χ0v) is 28.0. The number of thioether (sulfide) groups is 1. The number of piperidine rings is 1. The van der Waals surface area contributed by atoms with E-state index in [1.54, 1.807) is 16.4 Å². The summed E-state index contributed by atoms with van der Waals surface area (Å²) in [6.07, 6.45) is 1.77. The molecule has 3 aromatic heterocycles. The summed E-state index contributed by atoms with van der Waals surface area (Å²) in [5.74, 6) is -0.857. The van der Waals surface area contributed by atoms with Gasteiger partial charge in [0.25, 0.3) is 11.5 Å². The van der Waals surface area contributed by atoms with E-state index < -0.39 is 33.9 Å². The van der Waals surface area contributed by atoms with Gasteiger partial charge in [-0.25, -0.2) is 4.98 Å². The maximum Gasteiger partial charge on any atom is 0.416 e.